The third kappa shape index (κ3) is 17.9. The van der Waals surface area contributed by atoms with Crippen molar-refractivity contribution in [3.8, 4) is 11.8 Å². The van der Waals surface area contributed by atoms with E-state index in [1.807, 2.05) is 90.1 Å². The second-order valence-electron chi connectivity index (χ2n) is 17.1. The Labute approximate surface area is 412 Å². The molecule has 2 aliphatic rings. The van der Waals surface area contributed by atoms with Crippen molar-refractivity contribution in [2.24, 2.45) is 45.5 Å². The van der Waals surface area contributed by atoms with Crippen LogP contribution in [0.3, 0.4) is 0 Å². The number of nitrogens with two attached hydrogens (primary N) is 2. The average molecular weight is 994 g/mol. The summed E-state index contributed by atoms with van der Waals surface area (Å²) < 4.78 is 20.9. The second-order valence-corrected chi connectivity index (χ2v) is 17.9. The number of oxime groups is 2. The fraction of sp³-hybridized carbons (Fsp3) is 0.440. The van der Waals surface area contributed by atoms with Gasteiger partial charge in [0.15, 0.2) is 11.7 Å². The number of amidine groups is 2. The van der Waals surface area contributed by atoms with Crippen LogP contribution in [0.1, 0.15) is 123 Å². The maximum atomic E-state index is 12.3. The molecular formula is C50H62Cl2N6O11. The van der Waals surface area contributed by atoms with Gasteiger partial charge in [-0.05, 0) is 128 Å². The zero-order valence-corrected chi connectivity index (χ0v) is 41.2. The molecule has 69 heavy (non-hydrogen) atoms. The Bertz CT molecular complexity index is 2400. The monoisotopic (exact) mass is 992 g/mol. The fourth-order valence-electron chi connectivity index (χ4n) is 7.71. The van der Waals surface area contributed by atoms with Crippen molar-refractivity contribution >= 4 is 58.8 Å². The summed E-state index contributed by atoms with van der Waals surface area (Å²) in [6.45, 7) is 11.9. The van der Waals surface area contributed by atoms with Gasteiger partial charge in [-0.15, -0.1) is 0 Å². The first-order chi connectivity index (χ1) is 32.9. The Morgan fingerprint density at radius 2 is 1.09 bits per heavy atom. The van der Waals surface area contributed by atoms with E-state index in [0.29, 0.717) is 36.2 Å². The fourth-order valence-corrected chi connectivity index (χ4v) is 8.13. The first-order valence-corrected chi connectivity index (χ1v) is 23.6. The van der Waals surface area contributed by atoms with E-state index in [9.17, 15) is 19.2 Å². The van der Waals surface area contributed by atoms with Crippen molar-refractivity contribution in [3.05, 3.63) is 116 Å². The molecule has 0 saturated heterocycles. The van der Waals surface area contributed by atoms with Crippen molar-refractivity contribution in [2.45, 2.75) is 105 Å². The largest absolute Gasteiger partial charge is 0.478 e. The summed E-state index contributed by atoms with van der Waals surface area (Å²) >= 11 is 11.9. The lowest BCUT2D eigenvalue weighted by Gasteiger charge is -2.11. The normalized spacial score (nSPS) is 17.8. The molecule has 0 aliphatic heterocycles. The van der Waals surface area contributed by atoms with Gasteiger partial charge in [0.2, 0.25) is 11.8 Å². The number of pyridine rings is 2. The number of halogens is 2. The first-order valence-electron chi connectivity index (χ1n) is 22.8. The zero-order chi connectivity index (χ0) is 50.6. The number of rotatable bonds is 17. The Hall–Kier alpha value is -6.46. The number of hydrogen-bond acceptors (Lipinski definition) is 14. The van der Waals surface area contributed by atoms with E-state index in [4.69, 9.17) is 68.8 Å². The van der Waals surface area contributed by atoms with E-state index in [1.54, 1.807) is 0 Å². The number of carboxylic acid groups (broad SMARTS) is 1. The van der Waals surface area contributed by atoms with Gasteiger partial charge in [0, 0.05) is 23.5 Å². The highest BCUT2D eigenvalue weighted by molar-refractivity contribution is 6.32. The van der Waals surface area contributed by atoms with E-state index >= 15 is 0 Å². The standard InChI is InChI=1S/C25H30ClN3O5.C16H22N2O3.C9H10ClNO3/c1-4-32-24(30)19-10-7-17(12-19)11-16-5-8-18(9-6-16)22(27)29-34-25(31)20-13-21(26)23(28-14-20)33-15(2)3;1-2-21-16(19)14-8-5-12(10-14)9-11-3-6-13(7-4-11)15(17)18-20;1-5(2)14-8-7(10)3-6(4-11-8)9(12)13/h5-6,8-9,13-15,17,19H,4,7,10-12H2,1-3H3,(H2,27,29);3-4,6-7,12,14,20H,2,5,8-10H2,1H3,(H2,17,18);3-5H,1-2H3,(H,12,13)/t17-,19-;12-,14-;/m11./s1. The lowest BCUT2D eigenvalue weighted by Crippen LogP contribution is -2.16. The van der Waals surface area contributed by atoms with Crippen molar-refractivity contribution in [1.29, 1.82) is 0 Å². The van der Waals surface area contributed by atoms with Gasteiger partial charge < -0.3 is 45.6 Å². The van der Waals surface area contributed by atoms with Crippen LogP contribution in [-0.2, 0) is 36.7 Å². The average Bonchev–Trinajstić information content (AvgIpc) is 4.00. The number of hydrogen-bond donors (Lipinski definition) is 4. The van der Waals surface area contributed by atoms with Crippen LogP contribution >= 0.6 is 23.2 Å². The molecule has 0 unspecified atom stereocenters. The molecule has 6 N–H and O–H groups in total. The number of carbonyl (C=O) groups excluding carboxylic acids is 3. The molecule has 4 atom stereocenters. The summed E-state index contributed by atoms with van der Waals surface area (Å²) in [5.74, 6) is -0.211. The van der Waals surface area contributed by atoms with E-state index in [-0.39, 0.29) is 80.6 Å². The van der Waals surface area contributed by atoms with Crippen LogP contribution in [0.2, 0.25) is 10.0 Å². The molecule has 2 aromatic heterocycles. The summed E-state index contributed by atoms with van der Waals surface area (Å²) in [5, 5.41) is 24.4. The van der Waals surface area contributed by atoms with Crippen LogP contribution in [-0.4, -0.2) is 81.3 Å². The summed E-state index contributed by atoms with van der Waals surface area (Å²) in [5.41, 5.74) is 15.4. The molecule has 372 valence electrons. The van der Waals surface area contributed by atoms with E-state index in [0.717, 1.165) is 56.9 Å². The number of carboxylic acids is 1. The minimum absolute atomic E-state index is 0.00528. The van der Waals surface area contributed by atoms with Gasteiger partial charge in [0.25, 0.3) is 0 Å². The number of esters is 2. The predicted octanol–water partition coefficient (Wildman–Crippen LogP) is 9.04. The molecule has 2 saturated carbocycles. The lowest BCUT2D eigenvalue weighted by atomic mass is 9.96. The molecule has 2 aromatic carbocycles. The summed E-state index contributed by atoms with van der Waals surface area (Å²) in [4.78, 5) is 59.3. The summed E-state index contributed by atoms with van der Waals surface area (Å²) in [7, 11) is 0. The number of aromatic nitrogens is 2. The second kappa shape index (κ2) is 27.5. The molecule has 4 aromatic rings. The van der Waals surface area contributed by atoms with Gasteiger partial charge in [0.05, 0.1) is 48.4 Å². The Kier molecular flexibility index (Phi) is 22.0. The topological polar surface area (TPSA) is 257 Å². The van der Waals surface area contributed by atoms with Crippen molar-refractivity contribution in [3.63, 3.8) is 0 Å². The van der Waals surface area contributed by atoms with Gasteiger partial charge in [-0.3, -0.25) is 9.59 Å². The number of benzene rings is 2. The molecule has 6 rings (SSSR count). The number of ether oxygens (including phenoxy) is 4. The van der Waals surface area contributed by atoms with Crippen LogP contribution in [0.4, 0.5) is 0 Å². The minimum Gasteiger partial charge on any atom is -0.478 e. The Morgan fingerprint density at radius 1 is 0.667 bits per heavy atom. The highest BCUT2D eigenvalue weighted by atomic mass is 35.5. The minimum atomic E-state index is -1.06. The smallest absolute Gasteiger partial charge is 0.367 e. The zero-order valence-electron chi connectivity index (χ0n) is 39.7. The van der Waals surface area contributed by atoms with Crippen LogP contribution < -0.4 is 20.9 Å². The lowest BCUT2D eigenvalue weighted by molar-refractivity contribution is -0.148. The third-order valence-corrected chi connectivity index (χ3v) is 11.5. The summed E-state index contributed by atoms with van der Waals surface area (Å²) in [6.07, 6.45) is 9.83. The Balaban J connectivity index is 0.000000251. The maximum absolute atomic E-state index is 12.3. The molecule has 2 aliphatic carbocycles. The Morgan fingerprint density at radius 3 is 1.48 bits per heavy atom. The maximum Gasteiger partial charge on any atom is 0.367 e. The predicted molar refractivity (Wildman–Crippen MR) is 261 cm³/mol. The highest BCUT2D eigenvalue weighted by Crippen LogP contribution is 2.35. The van der Waals surface area contributed by atoms with Gasteiger partial charge >= 0.3 is 23.9 Å². The molecule has 2 fully saturated rings. The van der Waals surface area contributed by atoms with Crippen molar-refractivity contribution < 1.29 is 53.3 Å². The molecule has 19 heteroatoms. The highest BCUT2D eigenvalue weighted by Gasteiger charge is 2.32. The molecule has 2 heterocycles. The van der Waals surface area contributed by atoms with E-state index in [1.165, 1.54) is 30.1 Å². The van der Waals surface area contributed by atoms with Crippen LogP contribution in [0.5, 0.6) is 11.8 Å². The SMILES string of the molecule is CC(C)Oc1ncc(C(=O)O)cc1Cl.CCOC(=O)[C@@H]1CC[C@H](Cc2ccc(/C(N)=N/O)cc2)C1.CCOC(=O)[C@@H]1CC[C@H](Cc2ccc(/C(N)=N/OC(=O)c3cnc(OC(C)C)c(Cl)c3)cc2)C1. The number of aromatic carboxylic acids is 1. The van der Waals surface area contributed by atoms with Crippen molar-refractivity contribution in [2.75, 3.05) is 13.2 Å². The van der Waals surface area contributed by atoms with Gasteiger partial charge in [-0.25, -0.2) is 19.6 Å². The quantitative estimate of drug-likeness (QED) is 0.0192. The molecule has 0 spiro atoms. The van der Waals surface area contributed by atoms with Gasteiger partial charge in [-0.1, -0.05) is 82.0 Å². The molecule has 0 radical (unpaired) electrons. The third-order valence-electron chi connectivity index (χ3n) is 11.0. The van der Waals surface area contributed by atoms with Crippen LogP contribution in [0.15, 0.2) is 83.4 Å². The van der Waals surface area contributed by atoms with E-state index < -0.39 is 11.9 Å². The molecule has 0 amide bonds. The molecule has 17 nitrogen and oxygen atoms in total. The molecule has 0 bridgehead atoms. The van der Waals surface area contributed by atoms with Crippen LogP contribution in [0, 0.1) is 23.7 Å². The summed E-state index contributed by atoms with van der Waals surface area (Å²) in [6, 6.07) is 18.0. The van der Waals surface area contributed by atoms with Crippen molar-refractivity contribution in [1.82, 2.24) is 9.97 Å². The van der Waals surface area contributed by atoms with Crippen LogP contribution in [0.25, 0.3) is 0 Å². The van der Waals surface area contributed by atoms with Gasteiger partial charge in [0.1, 0.15) is 10.0 Å². The molecular weight excluding hydrogens is 931 g/mol. The van der Waals surface area contributed by atoms with Gasteiger partial charge in [-0.2, -0.15) is 0 Å². The van der Waals surface area contributed by atoms with E-state index in [2.05, 4.69) is 20.3 Å². The number of nitrogens with zero attached hydrogens (tertiary/aromatic N) is 4. The number of carbonyl (C=O) groups is 4. The first kappa shape index (κ1) is 55.1.